The molecule has 0 radical (unpaired) electrons. The second-order valence-corrected chi connectivity index (χ2v) is 7.97. The van der Waals surface area contributed by atoms with Crippen molar-refractivity contribution in [2.45, 2.75) is 37.3 Å². The third-order valence-electron chi connectivity index (χ3n) is 2.41. The van der Waals surface area contributed by atoms with Crippen LogP contribution >= 0.6 is 15.2 Å². The van der Waals surface area contributed by atoms with E-state index in [0.717, 1.165) is 0 Å². The summed E-state index contributed by atoms with van der Waals surface area (Å²) in [6.45, 7) is 1.76. The van der Waals surface area contributed by atoms with Gasteiger partial charge in [0.05, 0.1) is 0 Å². The summed E-state index contributed by atoms with van der Waals surface area (Å²) in [5.74, 6) is 0. The van der Waals surface area contributed by atoms with Crippen LogP contribution in [-0.2, 0) is 9.13 Å². The third kappa shape index (κ3) is 3.94. The second-order valence-electron chi connectivity index (χ2n) is 3.96. The molecular formula is C7H18N2O7P2. The van der Waals surface area contributed by atoms with Gasteiger partial charge in [-0.15, -0.1) is 0 Å². The topological polar surface area (TPSA) is 185 Å². The van der Waals surface area contributed by atoms with Crippen molar-refractivity contribution in [3.63, 3.8) is 0 Å². The van der Waals surface area contributed by atoms with E-state index in [9.17, 15) is 14.2 Å². The molecule has 0 spiro atoms. The number of hydrogen-bond donors (Lipinski definition) is 7. The van der Waals surface area contributed by atoms with Crippen LogP contribution < -0.4 is 5.73 Å². The first-order valence-corrected chi connectivity index (χ1v) is 8.26. The maximum atomic E-state index is 11.0. The summed E-state index contributed by atoms with van der Waals surface area (Å²) in [7, 11) is -11.1. The largest absolute Gasteiger partial charge is 0.369 e. The molecule has 0 aliphatic rings. The van der Waals surface area contributed by atoms with Gasteiger partial charge in [-0.1, -0.05) is 13.3 Å². The van der Waals surface area contributed by atoms with E-state index in [1.807, 2.05) is 0 Å². The predicted octanol–water partition coefficient (Wildman–Crippen LogP) is -0.475. The van der Waals surface area contributed by atoms with Crippen molar-refractivity contribution in [1.82, 2.24) is 0 Å². The van der Waals surface area contributed by atoms with Crippen LogP contribution in [0.15, 0.2) is 0 Å². The van der Waals surface area contributed by atoms with Gasteiger partial charge in [0.1, 0.15) is 0 Å². The Bertz CT molecular complexity index is 379. The highest BCUT2D eigenvalue weighted by atomic mass is 31.2. The van der Waals surface area contributed by atoms with Crippen LogP contribution in [0.3, 0.4) is 0 Å². The van der Waals surface area contributed by atoms with E-state index in [1.54, 1.807) is 6.92 Å². The maximum Gasteiger partial charge on any atom is 0.369 e. The van der Waals surface area contributed by atoms with Gasteiger partial charge >= 0.3 is 15.2 Å². The van der Waals surface area contributed by atoms with Crippen molar-refractivity contribution in [2.75, 3.05) is 0 Å². The zero-order valence-electron chi connectivity index (χ0n) is 9.72. The highest BCUT2D eigenvalue weighted by Gasteiger charge is 2.59. The number of hydrogen-bond acceptors (Lipinski definition) is 5. The molecule has 1 atom stereocenters. The molecule has 0 aromatic rings. The van der Waals surface area contributed by atoms with Gasteiger partial charge in [0, 0.05) is 18.2 Å². The maximum absolute atomic E-state index is 11.0. The van der Waals surface area contributed by atoms with Gasteiger partial charge in [-0.2, -0.15) is 0 Å². The van der Waals surface area contributed by atoms with E-state index in [4.69, 9.17) is 30.7 Å². The molecule has 0 aromatic heterocycles. The van der Waals surface area contributed by atoms with Crippen molar-refractivity contribution >= 4 is 20.9 Å². The minimum Gasteiger partial charge on any atom is -0.367 e. The molecule has 0 aliphatic heterocycles. The standard InChI is InChI=1S/C7H18N2O7P2/c1-2-3-5(8)6(9)4-7(10,17(11,12)13)18(14,15)16/h5,9-10H,2-4,8H2,1H3,(H2,11,12,13)(H2,14,15,16). The van der Waals surface area contributed by atoms with Gasteiger partial charge < -0.3 is 35.8 Å². The van der Waals surface area contributed by atoms with Crippen LogP contribution in [0.5, 0.6) is 0 Å². The molecule has 8 N–H and O–H groups in total. The molecule has 1 unspecified atom stereocenters. The summed E-state index contributed by atoms with van der Waals surface area (Å²) >= 11 is 0. The Morgan fingerprint density at radius 1 is 1.28 bits per heavy atom. The van der Waals surface area contributed by atoms with Gasteiger partial charge in [-0.25, -0.2) is 0 Å². The van der Waals surface area contributed by atoms with Crippen LogP contribution in [0.1, 0.15) is 26.2 Å². The molecule has 0 bridgehead atoms. The van der Waals surface area contributed by atoms with E-state index in [-0.39, 0.29) is 0 Å². The number of nitrogens with one attached hydrogen (secondary N) is 1. The van der Waals surface area contributed by atoms with E-state index in [1.165, 1.54) is 0 Å². The Balaban J connectivity index is 5.25. The van der Waals surface area contributed by atoms with Crippen LogP contribution in [0, 0.1) is 5.41 Å². The zero-order chi connectivity index (χ0) is 14.8. The van der Waals surface area contributed by atoms with Crippen LogP contribution in [0.2, 0.25) is 0 Å². The smallest absolute Gasteiger partial charge is 0.367 e. The number of rotatable bonds is 7. The molecule has 18 heavy (non-hydrogen) atoms. The van der Waals surface area contributed by atoms with Crippen LogP contribution in [-0.4, -0.2) is 41.5 Å². The van der Waals surface area contributed by atoms with Crippen molar-refractivity contribution in [2.24, 2.45) is 5.73 Å². The van der Waals surface area contributed by atoms with Crippen LogP contribution in [0.25, 0.3) is 0 Å². The Hall–Kier alpha value is -0.110. The predicted molar refractivity (Wildman–Crippen MR) is 64.3 cm³/mol. The lowest BCUT2D eigenvalue weighted by Gasteiger charge is -2.30. The Labute approximate surface area is 104 Å². The first kappa shape index (κ1) is 17.9. The lowest BCUT2D eigenvalue weighted by atomic mass is 10.1. The average Bonchev–Trinajstić information content (AvgIpc) is 2.14. The fourth-order valence-electron chi connectivity index (χ4n) is 1.25. The molecule has 0 rings (SSSR count). The second kappa shape index (κ2) is 5.90. The van der Waals surface area contributed by atoms with Crippen molar-refractivity contribution in [3.05, 3.63) is 0 Å². The van der Waals surface area contributed by atoms with Crippen molar-refractivity contribution < 1.29 is 33.8 Å². The van der Waals surface area contributed by atoms with E-state index in [0.29, 0.717) is 12.8 Å². The Morgan fingerprint density at radius 3 is 1.94 bits per heavy atom. The number of nitrogens with two attached hydrogens (primary N) is 1. The first-order chi connectivity index (χ1) is 7.87. The highest BCUT2D eigenvalue weighted by Crippen LogP contribution is 2.69. The fraction of sp³-hybridized carbons (Fsp3) is 0.857. The third-order valence-corrected chi connectivity index (χ3v) is 6.15. The van der Waals surface area contributed by atoms with Crippen LogP contribution in [0.4, 0.5) is 0 Å². The first-order valence-electron chi connectivity index (χ1n) is 5.03. The summed E-state index contributed by atoms with van der Waals surface area (Å²) in [4.78, 5) is 35.5. The molecule has 0 aromatic carbocycles. The van der Waals surface area contributed by atoms with Gasteiger partial charge in [0.25, 0.3) is 5.08 Å². The quantitative estimate of drug-likeness (QED) is 0.243. The van der Waals surface area contributed by atoms with Gasteiger partial charge in [0.15, 0.2) is 0 Å². The zero-order valence-corrected chi connectivity index (χ0v) is 11.5. The minimum atomic E-state index is -5.53. The lowest BCUT2D eigenvalue weighted by Crippen LogP contribution is -2.38. The summed E-state index contributed by atoms with van der Waals surface area (Å²) in [5.41, 5.74) is 4.96. The van der Waals surface area contributed by atoms with E-state index in [2.05, 4.69) is 0 Å². The summed E-state index contributed by atoms with van der Waals surface area (Å²) in [6, 6.07) is -0.917. The molecule has 0 fully saturated rings. The fourth-order valence-corrected chi connectivity index (χ4v) is 3.36. The molecule has 0 amide bonds. The molecule has 11 heteroatoms. The SMILES string of the molecule is CCCC(N)C(=N)CC(O)(P(=O)(O)O)P(=O)(O)O. The van der Waals surface area contributed by atoms with Gasteiger partial charge in [-0.05, 0) is 6.42 Å². The van der Waals surface area contributed by atoms with E-state index < -0.39 is 38.4 Å². The highest BCUT2D eigenvalue weighted by molar-refractivity contribution is 7.72. The number of aliphatic hydroxyl groups is 1. The minimum absolute atomic E-state index is 0.303. The van der Waals surface area contributed by atoms with Gasteiger partial charge in [-0.3, -0.25) is 9.13 Å². The lowest BCUT2D eigenvalue weighted by molar-refractivity contribution is 0.136. The molecule has 0 saturated carbocycles. The molecule has 9 nitrogen and oxygen atoms in total. The normalized spacial score (nSPS) is 15.5. The summed E-state index contributed by atoms with van der Waals surface area (Å²) < 4.78 is 22.1. The van der Waals surface area contributed by atoms with Crippen molar-refractivity contribution in [3.8, 4) is 0 Å². The molecular weight excluding hydrogens is 286 g/mol. The molecule has 0 saturated heterocycles. The Morgan fingerprint density at radius 2 is 1.67 bits per heavy atom. The monoisotopic (exact) mass is 304 g/mol. The molecule has 108 valence electrons. The van der Waals surface area contributed by atoms with E-state index >= 15 is 0 Å². The van der Waals surface area contributed by atoms with Crippen molar-refractivity contribution in [1.29, 1.82) is 5.41 Å². The Kier molecular flexibility index (Phi) is 5.86. The molecule has 0 aliphatic carbocycles. The summed E-state index contributed by atoms with van der Waals surface area (Å²) in [6.07, 6.45) is -0.298. The molecule has 0 heterocycles. The summed E-state index contributed by atoms with van der Waals surface area (Å²) in [5, 5.41) is 13.4. The average molecular weight is 304 g/mol. The van der Waals surface area contributed by atoms with Gasteiger partial charge in [0.2, 0.25) is 0 Å².